The lowest BCUT2D eigenvalue weighted by molar-refractivity contribution is -0.114. The van der Waals surface area contributed by atoms with Gasteiger partial charge in [0.05, 0.1) is 29.4 Å². The Morgan fingerprint density at radius 1 is 1.20 bits per heavy atom. The van der Waals surface area contributed by atoms with Gasteiger partial charge in [-0.25, -0.2) is 9.78 Å². The first-order valence-corrected chi connectivity index (χ1v) is 8.18. The van der Waals surface area contributed by atoms with E-state index in [0.29, 0.717) is 10.8 Å². The van der Waals surface area contributed by atoms with Gasteiger partial charge < -0.3 is 20.5 Å². The second-order valence-corrected chi connectivity index (χ2v) is 6.17. The fraction of sp³-hybridized carbons (Fsp3) is 0.118. The summed E-state index contributed by atoms with van der Waals surface area (Å²) in [6, 6.07) is 11.6. The SMILES string of the molecule is COc1ccc2nc(NCC(=O)Nc3ccc(C(=O)O)cc3)sc2c1. The number of ether oxygens (including phenoxy) is 1. The van der Waals surface area contributed by atoms with Gasteiger partial charge in [-0.1, -0.05) is 11.3 Å². The summed E-state index contributed by atoms with van der Waals surface area (Å²) in [6.07, 6.45) is 0. The highest BCUT2D eigenvalue weighted by Crippen LogP contribution is 2.28. The van der Waals surface area contributed by atoms with Crippen molar-refractivity contribution in [2.75, 3.05) is 24.3 Å². The largest absolute Gasteiger partial charge is 0.497 e. The molecule has 0 unspecified atom stereocenters. The lowest BCUT2D eigenvalue weighted by atomic mass is 10.2. The minimum atomic E-state index is -1.01. The van der Waals surface area contributed by atoms with E-state index in [1.54, 1.807) is 19.2 Å². The van der Waals surface area contributed by atoms with E-state index in [2.05, 4.69) is 15.6 Å². The maximum Gasteiger partial charge on any atom is 0.335 e. The number of aromatic nitrogens is 1. The van der Waals surface area contributed by atoms with Crippen LogP contribution in [0.2, 0.25) is 0 Å². The second-order valence-electron chi connectivity index (χ2n) is 5.14. The smallest absolute Gasteiger partial charge is 0.335 e. The van der Waals surface area contributed by atoms with Gasteiger partial charge in [-0.05, 0) is 42.5 Å². The maximum atomic E-state index is 12.0. The van der Waals surface area contributed by atoms with Crippen molar-refractivity contribution in [2.24, 2.45) is 0 Å². The first kappa shape index (κ1) is 16.7. The Labute approximate surface area is 147 Å². The van der Waals surface area contributed by atoms with E-state index in [1.807, 2.05) is 18.2 Å². The molecule has 25 heavy (non-hydrogen) atoms. The van der Waals surface area contributed by atoms with Crippen molar-refractivity contribution in [2.45, 2.75) is 0 Å². The van der Waals surface area contributed by atoms with Crippen LogP contribution in [0.4, 0.5) is 10.8 Å². The number of aromatic carboxylic acids is 1. The van der Waals surface area contributed by atoms with Crippen molar-refractivity contribution >= 4 is 44.2 Å². The number of carboxylic acids is 1. The van der Waals surface area contributed by atoms with Crippen LogP contribution in [0.15, 0.2) is 42.5 Å². The van der Waals surface area contributed by atoms with Gasteiger partial charge in [0.2, 0.25) is 5.91 Å². The molecule has 128 valence electrons. The van der Waals surface area contributed by atoms with Crippen molar-refractivity contribution in [1.82, 2.24) is 4.98 Å². The molecule has 0 aliphatic rings. The van der Waals surface area contributed by atoms with E-state index in [4.69, 9.17) is 9.84 Å². The van der Waals surface area contributed by atoms with Crippen LogP contribution in [0.1, 0.15) is 10.4 Å². The number of fused-ring (bicyclic) bond motifs is 1. The van der Waals surface area contributed by atoms with Gasteiger partial charge in [-0.15, -0.1) is 0 Å². The van der Waals surface area contributed by atoms with Crippen LogP contribution in [0, 0.1) is 0 Å². The monoisotopic (exact) mass is 357 g/mol. The number of nitrogens with zero attached hydrogens (tertiary/aromatic N) is 1. The molecule has 1 heterocycles. The molecule has 0 bridgehead atoms. The third-order valence-corrected chi connectivity index (χ3v) is 4.39. The molecule has 0 aliphatic carbocycles. The maximum absolute atomic E-state index is 12.0. The van der Waals surface area contributed by atoms with Gasteiger partial charge in [0, 0.05) is 5.69 Å². The molecule has 8 heteroatoms. The molecule has 3 aromatic rings. The Bertz CT molecular complexity index is 921. The Hall–Kier alpha value is -3.13. The van der Waals surface area contributed by atoms with E-state index in [1.165, 1.54) is 23.5 Å². The zero-order valence-corrected chi connectivity index (χ0v) is 14.1. The molecule has 3 N–H and O–H groups in total. The third-order valence-electron chi connectivity index (χ3n) is 3.41. The molecule has 0 saturated heterocycles. The topological polar surface area (TPSA) is 101 Å². The van der Waals surface area contributed by atoms with Gasteiger partial charge in [0.25, 0.3) is 0 Å². The van der Waals surface area contributed by atoms with Crippen molar-refractivity contribution in [1.29, 1.82) is 0 Å². The molecular weight excluding hydrogens is 342 g/mol. The molecular formula is C17H15N3O4S. The molecule has 1 amide bonds. The number of carboxylic acid groups (broad SMARTS) is 1. The summed E-state index contributed by atoms with van der Waals surface area (Å²) >= 11 is 1.43. The fourth-order valence-electron chi connectivity index (χ4n) is 2.16. The van der Waals surface area contributed by atoms with Crippen molar-refractivity contribution in [3.05, 3.63) is 48.0 Å². The second kappa shape index (κ2) is 7.18. The summed E-state index contributed by atoms with van der Waals surface area (Å²) in [5, 5.41) is 15.2. The number of hydrogen-bond donors (Lipinski definition) is 3. The lowest BCUT2D eigenvalue weighted by Crippen LogP contribution is -2.21. The highest BCUT2D eigenvalue weighted by molar-refractivity contribution is 7.22. The van der Waals surface area contributed by atoms with Crippen molar-refractivity contribution in [3.8, 4) is 5.75 Å². The number of amides is 1. The van der Waals surface area contributed by atoms with Crippen LogP contribution in [0.25, 0.3) is 10.2 Å². The molecule has 0 atom stereocenters. The minimum Gasteiger partial charge on any atom is -0.497 e. The van der Waals surface area contributed by atoms with Crippen LogP contribution in [0.3, 0.4) is 0 Å². The van der Waals surface area contributed by atoms with E-state index in [0.717, 1.165) is 16.0 Å². The Morgan fingerprint density at radius 3 is 2.64 bits per heavy atom. The third kappa shape index (κ3) is 4.04. The fourth-order valence-corrected chi connectivity index (χ4v) is 3.05. The Balaban J connectivity index is 1.59. The zero-order valence-electron chi connectivity index (χ0n) is 13.3. The van der Waals surface area contributed by atoms with E-state index < -0.39 is 5.97 Å². The average molecular weight is 357 g/mol. The highest BCUT2D eigenvalue weighted by atomic mass is 32.1. The quantitative estimate of drug-likeness (QED) is 0.627. The van der Waals surface area contributed by atoms with Gasteiger partial charge in [0.15, 0.2) is 5.13 Å². The number of methoxy groups -OCH3 is 1. The van der Waals surface area contributed by atoms with Gasteiger partial charge >= 0.3 is 5.97 Å². The average Bonchev–Trinajstić information content (AvgIpc) is 3.02. The first-order valence-electron chi connectivity index (χ1n) is 7.37. The van der Waals surface area contributed by atoms with Crippen LogP contribution >= 0.6 is 11.3 Å². The number of anilines is 2. The molecule has 0 fully saturated rings. The number of carbonyl (C=O) groups is 2. The Kier molecular flexibility index (Phi) is 4.80. The van der Waals surface area contributed by atoms with E-state index in [-0.39, 0.29) is 18.0 Å². The first-order chi connectivity index (χ1) is 12.0. The minimum absolute atomic E-state index is 0.0532. The number of benzene rings is 2. The highest BCUT2D eigenvalue weighted by Gasteiger charge is 2.08. The summed E-state index contributed by atoms with van der Waals surface area (Å²) < 4.78 is 6.14. The summed E-state index contributed by atoms with van der Waals surface area (Å²) in [6.45, 7) is 0.0532. The molecule has 0 aliphatic heterocycles. The molecule has 7 nitrogen and oxygen atoms in total. The molecule has 1 aromatic heterocycles. The zero-order chi connectivity index (χ0) is 17.8. The van der Waals surface area contributed by atoms with Crippen LogP contribution < -0.4 is 15.4 Å². The van der Waals surface area contributed by atoms with Crippen LogP contribution in [-0.2, 0) is 4.79 Å². The summed E-state index contributed by atoms with van der Waals surface area (Å²) in [4.78, 5) is 27.2. The predicted octanol–water partition coefficient (Wildman–Crippen LogP) is 3.05. The normalized spacial score (nSPS) is 10.4. The van der Waals surface area contributed by atoms with Crippen molar-refractivity contribution in [3.63, 3.8) is 0 Å². The number of carbonyl (C=O) groups excluding carboxylic acids is 1. The number of thiazole rings is 1. The van der Waals surface area contributed by atoms with Gasteiger partial charge in [-0.2, -0.15) is 0 Å². The van der Waals surface area contributed by atoms with Gasteiger partial charge in [-0.3, -0.25) is 4.79 Å². The lowest BCUT2D eigenvalue weighted by Gasteiger charge is -2.06. The van der Waals surface area contributed by atoms with Crippen LogP contribution in [0.5, 0.6) is 5.75 Å². The van der Waals surface area contributed by atoms with Crippen molar-refractivity contribution < 1.29 is 19.4 Å². The summed E-state index contributed by atoms with van der Waals surface area (Å²) in [7, 11) is 1.61. The standard InChI is InChI=1S/C17H15N3O4S/c1-24-12-6-7-13-14(8-12)25-17(20-13)18-9-15(21)19-11-4-2-10(3-5-11)16(22)23/h2-8H,9H2,1H3,(H,18,20)(H,19,21)(H,22,23). The molecule has 0 radical (unpaired) electrons. The van der Waals surface area contributed by atoms with E-state index >= 15 is 0 Å². The number of rotatable bonds is 6. The molecule has 0 spiro atoms. The Morgan fingerprint density at radius 2 is 1.96 bits per heavy atom. The molecule has 0 saturated carbocycles. The van der Waals surface area contributed by atoms with Gasteiger partial charge in [0.1, 0.15) is 5.75 Å². The summed E-state index contributed by atoms with van der Waals surface area (Å²) in [5.41, 5.74) is 1.53. The molecule has 2 aromatic carbocycles. The number of hydrogen-bond acceptors (Lipinski definition) is 6. The predicted molar refractivity (Wildman–Crippen MR) is 96.7 cm³/mol. The summed E-state index contributed by atoms with van der Waals surface area (Å²) in [5.74, 6) is -0.503. The molecule has 3 rings (SSSR count). The van der Waals surface area contributed by atoms with Crippen LogP contribution in [-0.4, -0.2) is 35.6 Å². The number of nitrogens with one attached hydrogen (secondary N) is 2. The van der Waals surface area contributed by atoms with E-state index in [9.17, 15) is 9.59 Å².